The summed E-state index contributed by atoms with van der Waals surface area (Å²) in [4.78, 5) is 39.3. The molecule has 50 heavy (non-hydrogen) atoms. The summed E-state index contributed by atoms with van der Waals surface area (Å²) in [5.74, 6) is -0.156. The van der Waals surface area contributed by atoms with Crippen LogP contribution in [0, 0.1) is 0 Å². The van der Waals surface area contributed by atoms with Crippen LogP contribution in [0.3, 0.4) is 0 Å². The first-order valence-electron chi connectivity index (χ1n) is 15.7. The van der Waals surface area contributed by atoms with E-state index in [4.69, 9.17) is 19.6 Å². The van der Waals surface area contributed by atoms with E-state index in [1.807, 2.05) is 42.5 Å². The van der Waals surface area contributed by atoms with Gasteiger partial charge >= 0.3 is 12.1 Å². The molecule has 6 aromatic rings. The molecule has 5 heterocycles. The molecule has 0 aliphatic carbocycles. The number of ether oxygens (including phenoxy) is 1. The molecule has 0 saturated carbocycles. The molecular weight excluding hydrogens is 651 g/mol. The molecule has 0 spiro atoms. The van der Waals surface area contributed by atoms with Gasteiger partial charge < -0.3 is 19.8 Å². The number of nitrogens with one attached hydrogen (secondary N) is 2. The van der Waals surface area contributed by atoms with Crippen LogP contribution in [0.2, 0.25) is 0 Å². The van der Waals surface area contributed by atoms with Crippen LogP contribution in [0.4, 0.5) is 13.2 Å². The first-order valence-corrected chi connectivity index (χ1v) is 15.7. The fourth-order valence-electron chi connectivity index (χ4n) is 5.79. The van der Waals surface area contributed by atoms with Crippen molar-refractivity contribution in [3.63, 3.8) is 0 Å². The second-order valence-electron chi connectivity index (χ2n) is 11.7. The number of aliphatic carboxylic acids is 1. The predicted molar refractivity (Wildman–Crippen MR) is 180 cm³/mol. The van der Waals surface area contributed by atoms with E-state index in [2.05, 4.69) is 66.4 Å². The summed E-state index contributed by atoms with van der Waals surface area (Å²) >= 11 is 0. The number of piperidine rings is 1. The van der Waals surface area contributed by atoms with E-state index in [-0.39, 0.29) is 5.56 Å². The SMILES string of the molecule is COc1ccc(-c2nnc(C3CCN(Cc4ccc(-c5nc6cc[nH]c(=O)c6cc5-c5ccccc5)cc4)CC3)[nH]2)cn1.O=C(O)C(F)(F)F. The molecule has 256 valence electrons. The van der Waals surface area contributed by atoms with Gasteiger partial charge in [-0.05, 0) is 55.3 Å². The van der Waals surface area contributed by atoms with E-state index in [1.54, 1.807) is 19.5 Å². The lowest BCUT2D eigenvalue weighted by Crippen LogP contribution is -2.32. The number of likely N-dealkylation sites (tertiary alicyclic amines) is 1. The normalized spacial score (nSPS) is 13.8. The minimum absolute atomic E-state index is 0.133. The second kappa shape index (κ2) is 14.7. The van der Waals surface area contributed by atoms with Crippen molar-refractivity contribution in [1.29, 1.82) is 0 Å². The van der Waals surface area contributed by atoms with Crippen molar-refractivity contribution in [1.82, 2.24) is 35.0 Å². The van der Waals surface area contributed by atoms with Gasteiger partial charge in [-0.3, -0.25) is 9.69 Å². The number of pyridine rings is 3. The highest BCUT2D eigenvalue weighted by molar-refractivity contribution is 5.91. The number of aromatic amines is 2. The topological polar surface area (TPSA) is 150 Å². The summed E-state index contributed by atoms with van der Waals surface area (Å²) in [6.45, 7) is 2.87. The molecular formula is C36H32F3N7O4. The lowest BCUT2D eigenvalue weighted by molar-refractivity contribution is -0.192. The van der Waals surface area contributed by atoms with Crippen LogP contribution in [0.5, 0.6) is 5.88 Å². The summed E-state index contributed by atoms with van der Waals surface area (Å²) in [5, 5.41) is 16.5. The van der Waals surface area contributed by atoms with E-state index in [0.717, 1.165) is 72.1 Å². The zero-order valence-corrected chi connectivity index (χ0v) is 26.8. The molecule has 11 nitrogen and oxygen atoms in total. The Balaban J connectivity index is 0.000000561. The van der Waals surface area contributed by atoms with Crippen LogP contribution in [0.15, 0.2) is 96.1 Å². The van der Waals surface area contributed by atoms with Crippen LogP contribution in [0.1, 0.15) is 30.1 Å². The van der Waals surface area contributed by atoms with Crippen molar-refractivity contribution in [3.05, 3.63) is 113 Å². The number of benzene rings is 2. The van der Waals surface area contributed by atoms with Crippen molar-refractivity contribution in [3.8, 4) is 39.7 Å². The highest BCUT2D eigenvalue weighted by Crippen LogP contribution is 2.33. The molecule has 0 atom stereocenters. The number of fused-ring (bicyclic) bond motifs is 1. The van der Waals surface area contributed by atoms with Gasteiger partial charge in [0.1, 0.15) is 5.82 Å². The largest absolute Gasteiger partial charge is 0.490 e. The van der Waals surface area contributed by atoms with Crippen molar-refractivity contribution in [2.45, 2.75) is 31.5 Å². The first kappa shape index (κ1) is 34.0. The molecule has 2 aromatic carbocycles. The van der Waals surface area contributed by atoms with Crippen molar-refractivity contribution in [2.24, 2.45) is 0 Å². The number of hydrogen-bond donors (Lipinski definition) is 3. The molecule has 14 heteroatoms. The van der Waals surface area contributed by atoms with Crippen LogP contribution >= 0.6 is 0 Å². The Kier molecular flexibility index (Phi) is 9.99. The van der Waals surface area contributed by atoms with Crippen LogP contribution in [0.25, 0.3) is 44.7 Å². The van der Waals surface area contributed by atoms with Crippen molar-refractivity contribution >= 4 is 16.9 Å². The summed E-state index contributed by atoms with van der Waals surface area (Å²) in [7, 11) is 1.60. The molecule has 4 aromatic heterocycles. The summed E-state index contributed by atoms with van der Waals surface area (Å²) < 4.78 is 36.9. The molecule has 1 fully saturated rings. The molecule has 1 aliphatic heterocycles. The zero-order chi connectivity index (χ0) is 35.3. The maximum atomic E-state index is 12.5. The Morgan fingerprint density at radius 2 is 1.66 bits per heavy atom. The number of H-pyrrole nitrogens is 2. The van der Waals surface area contributed by atoms with Gasteiger partial charge in [-0.25, -0.2) is 14.8 Å². The average molecular weight is 684 g/mol. The van der Waals surface area contributed by atoms with Crippen molar-refractivity contribution in [2.75, 3.05) is 20.2 Å². The van der Waals surface area contributed by atoms with Crippen molar-refractivity contribution < 1.29 is 27.8 Å². The molecule has 1 aliphatic rings. The van der Waals surface area contributed by atoms with Gasteiger partial charge in [0.05, 0.1) is 23.7 Å². The number of nitrogens with zero attached hydrogens (tertiary/aromatic N) is 5. The molecule has 7 rings (SSSR count). The van der Waals surface area contributed by atoms with Gasteiger partial charge in [0, 0.05) is 47.6 Å². The molecule has 0 radical (unpaired) electrons. The number of alkyl halides is 3. The Bertz CT molecular complexity index is 2130. The molecule has 0 bridgehead atoms. The maximum Gasteiger partial charge on any atom is 0.490 e. The van der Waals surface area contributed by atoms with E-state index < -0.39 is 12.1 Å². The smallest absolute Gasteiger partial charge is 0.481 e. The van der Waals surface area contributed by atoms with E-state index in [0.29, 0.717) is 22.7 Å². The lowest BCUT2D eigenvalue weighted by Gasteiger charge is -2.30. The van der Waals surface area contributed by atoms with Gasteiger partial charge in [0.2, 0.25) is 5.88 Å². The Morgan fingerprint density at radius 1 is 0.960 bits per heavy atom. The molecule has 1 saturated heterocycles. The van der Waals surface area contributed by atoms with E-state index in [9.17, 15) is 18.0 Å². The highest BCUT2D eigenvalue weighted by Gasteiger charge is 2.38. The number of rotatable bonds is 7. The third-order valence-electron chi connectivity index (χ3n) is 8.41. The fraction of sp³-hybridized carbons (Fsp3) is 0.222. The maximum absolute atomic E-state index is 12.5. The Labute approximate surface area is 283 Å². The number of carboxylic acid groups (broad SMARTS) is 1. The van der Waals surface area contributed by atoms with E-state index in [1.165, 1.54) is 5.56 Å². The van der Waals surface area contributed by atoms with Gasteiger partial charge in [0.25, 0.3) is 5.56 Å². The van der Waals surface area contributed by atoms with Crippen LogP contribution in [-0.4, -0.2) is 72.5 Å². The highest BCUT2D eigenvalue weighted by atomic mass is 19.4. The monoisotopic (exact) mass is 683 g/mol. The third kappa shape index (κ3) is 7.87. The fourth-order valence-corrected chi connectivity index (χ4v) is 5.79. The number of hydrogen-bond acceptors (Lipinski definition) is 8. The van der Waals surface area contributed by atoms with Gasteiger partial charge in [-0.1, -0.05) is 54.6 Å². The van der Waals surface area contributed by atoms with Gasteiger partial charge in [-0.2, -0.15) is 13.2 Å². The lowest BCUT2D eigenvalue weighted by atomic mass is 9.95. The van der Waals surface area contributed by atoms with Crippen LogP contribution in [-0.2, 0) is 11.3 Å². The minimum atomic E-state index is -5.08. The second-order valence-corrected chi connectivity index (χ2v) is 11.7. The Hall–Kier alpha value is -5.89. The summed E-state index contributed by atoms with van der Waals surface area (Å²) in [6, 6.07) is 26.3. The standard InChI is InChI=1S/C34H31N7O2.C2HF3O2/c1-43-30-12-11-26(20-36-30)33-38-32(39-40-33)25-14-17-41(18-15-25)21-22-7-9-24(10-8-22)31-27(23-5-3-2-4-6-23)19-28-29(37-31)13-16-35-34(28)42;3-2(4,5)1(6)7/h2-13,16,19-20,25H,14-15,17-18,21H2,1H3,(H,35,42)(H,38,39,40);(H,6,7). The van der Waals surface area contributed by atoms with Crippen LogP contribution < -0.4 is 10.3 Å². The first-order chi connectivity index (χ1) is 24.1. The Morgan fingerprint density at radius 3 is 2.30 bits per heavy atom. The molecule has 0 unspecified atom stereocenters. The van der Waals surface area contributed by atoms with E-state index >= 15 is 0 Å². The summed E-state index contributed by atoms with van der Waals surface area (Å²) in [5.41, 5.74) is 6.57. The predicted octanol–water partition coefficient (Wildman–Crippen LogP) is 6.46. The summed E-state index contributed by atoms with van der Waals surface area (Å²) in [6.07, 6.45) is 0.356. The number of aromatic nitrogens is 6. The number of carboxylic acids is 1. The zero-order valence-electron chi connectivity index (χ0n) is 26.8. The third-order valence-corrected chi connectivity index (χ3v) is 8.41. The molecule has 3 N–H and O–H groups in total. The van der Waals surface area contributed by atoms with Gasteiger partial charge in [0.15, 0.2) is 5.82 Å². The quantitative estimate of drug-likeness (QED) is 0.172. The average Bonchev–Trinajstić information content (AvgIpc) is 3.63. The number of halogens is 3. The number of methoxy groups -OCH3 is 1. The molecule has 0 amide bonds. The minimum Gasteiger partial charge on any atom is -0.481 e. The van der Waals surface area contributed by atoms with Gasteiger partial charge in [-0.15, -0.1) is 10.2 Å². The number of carbonyl (C=O) groups is 1.